The quantitative estimate of drug-likeness (QED) is 0.899. The van der Waals surface area contributed by atoms with Crippen molar-refractivity contribution >= 4 is 27.7 Å². The lowest BCUT2D eigenvalue weighted by Crippen LogP contribution is -2.46. The summed E-state index contributed by atoms with van der Waals surface area (Å²) in [5, 5.41) is 3.45. The molecule has 0 aromatic carbocycles. The molecule has 0 saturated carbocycles. The molecule has 2 heterocycles. The van der Waals surface area contributed by atoms with Crippen molar-refractivity contribution in [3.8, 4) is 0 Å². The first-order valence-corrected chi connectivity index (χ1v) is 7.83. The summed E-state index contributed by atoms with van der Waals surface area (Å²) in [6, 6.07) is 4.26. The summed E-state index contributed by atoms with van der Waals surface area (Å²) < 4.78 is 0.980. The normalized spacial score (nSPS) is 17.1. The van der Waals surface area contributed by atoms with Gasteiger partial charge in [0.1, 0.15) is 5.82 Å². The summed E-state index contributed by atoms with van der Waals surface area (Å²) in [6.07, 6.45) is 3.71. The number of hydrogen-bond donors (Lipinski definition) is 1. The van der Waals surface area contributed by atoms with Crippen LogP contribution in [0.2, 0.25) is 0 Å². The first-order chi connectivity index (χ1) is 9.38. The second-order valence-electron chi connectivity index (χ2n) is 6.29. The van der Waals surface area contributed by atoms with Crippen molar-refractivity contribution in [2.45, 2.75) is 39.7 Å². The predicted octanol–water partition coefficient (Wildman–Crippen LogP) is 3.29. The molecule has 1 saturated heterocycles. The molecule has 1 amide bonds. The number of carbonyl (C=O) groups is 1. The fraction of sp³-hybridized carbons (Fsp3) is 0.600. The second kappa shape index (κ2) is 6.12. The molecule has 1 aromatic rings. The summed E-state index contributed by atoms with van der Waals surface area (Å²) in [4.78, 5) is 18.5. The highest BCUT2D eigenvalue weighted by molar-refractivity contribution is 9.10. The molecule has 0 radical (unpaired) electrons. The van der Waals surface area contributed by atoms with Gasteiger partial charge in [-0.2, -0.15) is 0 Å². The minimum Gasteiger partial charge on any atom is -0.366 e. The Balaban J connectivity index is 1.89. The van der Waals surface area contributed by atoms with Gasteiger partial charge >= 0.3 is 0 Å². The van der Waals surface area contributed by atoms with Gasteiger partial charge in [0.15, 0.2) is 0 Å². The number of pyridine rings is 1. The van der Waals surface area contributed by atoms with E-state index in [4.69, 9.17) is 0 Å². The molecule has 20 heavy (non-hydrogen) atoms. The van der Waals surface area contributed by atoms with Crippen molar-refractivity contribution in [2.75, 3.05) is 18.4 Å². The Morgan fingerprint density at radius 3 is 2.60 bits per heavy atom. The van der Waals surface area contributed by atoms with Crippen LogP contribution in [0.15, 0.2) is 22.8 Å². The van der Waals surface area contributed by atoms with Gasteiger partial charge in [0, 0.05) is 30.7 Å². The van der Waals surface area contributed by atoms with E-state index in [1.54, 1.807) is 6.20 Å². The lowest BCUT2D eigenvalue weighted by Gasteiger charge is -2.36. The van der Waals surface area contributed by atoms with Crippen LogP contribution in [-0.4, -0.2) is 34.9 Å². The lowest BCUT2D eigenvalue weighted by molar-refractivity contribution is -0.140. The molecule has 1 fully saturated rings. The van der Waals surface area contributed by atoms with E-state index in [0.717, 1.165) is 36.2 Å². The van der Waals surface area contributed by atoms with Gasteiger partial charge in [0.2, 0.25) is 5.91 Å². The third kappa shape index (κ3) is 3.72. The summed E-state index contributed by atoms with van der Waals surface area (Å²) >= 11 is 3.49. The van der Waals surface area contributed by atoms with Crippen molar-refractivity contribution in [3.63, 3.8) is 0 Å². The van der Waals surface area contributed by atoms with Gasteiger partial charge in [-0.3, -0.25) is 4.79 Å². The maximum Gasteiger partial charge on any atom is 0.227 e. The Kier molecular flexibility index (Phi) is 4.68. The van der Waals surface area contributed by atoms with Crippen LogP contribution in [0.5, 0.6) is 0 Å². The molecular weight excluding hydrogens is 318 g/mol. The van der Waals surface area contributed by atoms with Crippen LogP contribution in [0.25, 0.3) is 0 Å². The molecule has 0 unspecified atom stereocenters. The Morgan fingerprint density at radius 1 is 1.40 bits per heavy atom. The van der Waals surface area contributed by atoms with Gasteiger partial charge in [-0.05, 0) is 40.9 Å². The van der Waals surface area contributed by atoms with E-state index in [9.17, 15) is 4.79 Å². The van der Waals surface area contributed by atoms with Gasteiger partial charge < -0.3 is 10.2 Å². The van der Waals surface area contributed by atoms with Gasteiger partial charge in [-0.1, -0.05) is 20.8 Å². The number of carbonyl (C=O) groups excluding carboxylic acids is 1. The molecule has 1 aliphatic rings. The maximum atomic E-state index is 12.2. The van der Waals surface area contributed by atoms with Crippen LogP contribution in [0.1, 0.15) is 33.6 Å². The van der Waals surface area contributed by atoms with Gasteiger partial charge in [0.05, 0.1) is 4.47 Å². The number of likely N-dealkylation sites (tertiary alicyclic amines) is 1. The van der Waals surface area contributed by atoms with Crippen LogP contribution in [0.4, 0.5) is 5.82 Å². The zero-order chi connectivity index (χ0) is 14.8. The van der Waals surface area contributed by atoms with Crippen LogP contribution in [0, 0.1) is 5.41 Å². The largest absolute Gasteiger partial charge is 0.366 e. The summed E-state index contributed by atoms with van der Waals surface area (Å²) in [7, 11) is 0. The lowest BCUT2D eigenvalue weighted by atomic mass is 9.93. The molecule has 5 heteroatoms. The topological polar surface area (TPSA) is 45.2 Å². The van der Waals surface area contributed by atoms with Gasteiger partial charge in [-0.25, -0.2) is 4.98 Å². The highest BCUT2D eigenvalue weighted by atomic mass is 79.9. The highest BCUT2D eigenvalue weighted by Crippen LogP contribution is 2.24. The molecule has 1 aromatic heterocycles. The minimum atomic E-state index is -0.287. The molecule has 0 bridgehead atoms. The number of aromatic nitrogens is 1. The molecule has 4 nitrogen and oxygen atoms in total. The van der Waals surface area contributed by atoms with Crippen molar-refractivity contribution in [1.82, 2.24) is 9.88 Å². The van der Waals surface area contributed by atoms with Crippen LogP contribution >= 0.6 is 15.9 Å². The van der Waals surface area contributed by atoms with Crippen molar-refractivity contribution < 1.29 is 4.79 Å². The molecule has 110 valence electrons. The predicted molar refractivity (Wildman–Crippen MR) is 84.6 cm³/mol. The van der Waals surface area contributed by atoms with E-state index in [1.165, 1.54) is 0 Å². The second-order valence-corrected chi connectivity index (χ2v) is 7.15. The summed E-state index contributed by atoms with van der Waals surface area (Å²) in [5.41, 5.74) is -0.287. The van der Waals surface area contributed by atoms with Crippen LogP contribution in [0.3, 0.4) is 0 Å². The van der Waals surface area contributed by atoms with E-state index >= 15 is 0 Å². The Morgan fingerprint density at radius 2 is 2.05 bits per heavy atom. The average Bonchev–Trinajstić information content (AvgIpc) is 2.40. The number of amides is 1. The van der Waals surface area contributed by atoms with Gasteiger partial charge in [-0.15, -0.1) is 0 Å². The third-order valence-electron chi connectivity index (χ3n) is 3.52. The average molecular weight is 340 g/mol. The number of hydrogen-bond acceptors (Lipinski definition) is 3. The first kappa shape index (κ1) is 15.3. The Bertz CT molecular complexity index is 476. The molecule has 0 atom stereocenters. The molecule has 0 aliphatic carbocycles. The Labute approximate surface area is 129 Å². The molecule has 2 rings (SSSR count). The maximum absolute atomic E-state index is 12.2. The zero-order valence-corrected chi connectivity index (χ0v) is 13.9. The SMILES string of the molecule is CC(C)(C)C(=O)N1CCC(Nc2ncccc2Br)CC1. The standard InChI is InChI=1S/C15H22BrN3O/c1-15(2,3)14(20)19-9-6-11(7-10-19)18-13-12(16)5-4-8-17-13/h4-5,8,11H,6-7,9-10H2,1-3H3,(H,17,18). The number of piperidine rings is 1. The molecule has 0 spiro atoms. The Hall–Kier alpha value is -1.10. The van der Waals surface area contributed by atoms with Crippen molar-refractivity contribution in [3.05, 3.63) is 22.8 Å². The number of anilines is 1. The minimum absolute atomic E-state index is 0.245. The molecular formula is C15H22BrN3O. The summed E-state index contributed by atoms with van der Waals surface area (Å²) in [6.45, 7) is 7.57. The fourth-order valence-electron chi connectivity index (χ4n) is 2.39. The number of nitrogens with zero attached hydrogens (tertiary/aromatic N) is 2. The third-order valence-corrected chi connectivity index (χ3v) is 4.16. The monoisotopic (exact) mass is 339 g/mol. The van der Waals surface area contributed by atoms with E-state index in [0.29, 0.717) is 6.04 Å². The highest BCUT2D eigenvalue weighted by Gasteiger charge is 2.30. The summed E-state index contributed by atoms with van der Waals surface area (Å²) in [5.74, 6) is 1.13. The van der Waals surface area contributed by atoms with E-state index in [1.807, 2.05) is 37.8 Å². The van der Waals surface area contributed by atoms with E-state index in [-0.39, 0.29) is 11.3 Å². The smallest absolute Gasteiger partial charge is 0.227 e. The fourth-order valence-corrected chi connectivity index (χ4v) is 2.76. The molecule has 1 aliphatic heterocycles. The number of nitrogens with one attached hydrogen (secondary N) is 1. The van der Waals surface area contributed by atoms with Crippen molar-refractivity contribution in [2.24, 2.45) is 5.41 Å². The van der Waals surface area contributed by atoms with Crippen LogP contribution < -0.4 is 5.32 Å². The van der Waals surface area contributed by atoms with Gasteiger partial charge in [0.25, 0.3) is 0 Å². The van der Waals surface area contributed by atoms with Crippen molar-refractivity contribution in [1.29, 1.82) is 0 Å². The zero-order valence-electron chi connectivity index (χ0n) is 12.3. The first-order valence-electron chi connectivity index (χ1n) is 7.04. The van der Waals surface area contributed by atoms with Crippen LogP contribution in [-0.2, 0) is 4.79 Å². The number of halogens is 1. The van der Waals surface area contributed by atoms with E-state index in [2.05, 4.69) is 26.2 Å². The molecule has 1 N–H and O–H groups in total. The number of rotatable bonds is 2. The van der Waals surface area contributed by atoms with E-state index < -0.39 is 0 Å².